The molecule has 2 N–H and O–H groups in total. The molecule has 0 saturated carbocycles. The number of rotatable bonds is 3. The van der Waals surface area contributed by atoms with Gasteiger partial charge in [0.1, 0.15) is 5.82 Å². The fourth-order valence-corrected chi connectivity index (χ4v) is 2.85. The Morgan fingerprint density at radius 2 is 2.29 bits per heavy atom. The molecule has 21 heavy (non-hydrogen) atoms. The SMILES string of the molecule is CC(C)c1cc(N2CCC[C@@H](C(N)=O)C2)n2nccc2n1. The van der Waals surface area contributed by atoms with Gasteiger partial charge < -0.3 is 10.6 Å². The number of carbonyl (C=O) groups is 1. The molecule has 0 aliphatic carbocycles. The van der Waals surface area contributed by atoms with E-state index in [2.05, 4.69) is 34.9 Å². The highest BCUT2D eigenvalue weighted by Gasteiger charge is 2.26. The predicted octanol–water partition coefficient (Wildman–Crippen LogP) is 1.55. The Morgan fingerprint density at radius 1 is 1.48 bits per heavy atom. The van der Waals surface area contributed by atoms with Gasteiger partial charge in [-0.1, -0.05) is 13.8 Å². The van der Waals surface area contributed by atoms with Crippen molar-refractivity contribution in [2.75, 3.05) is 18.0 Å². The number of hydrogen-bond acceptors (Lipinski definition) is 4. The Bertz CT molecular complexity index is 663. The minimum Gasteiger partial charge on any atom is -0.369 e. The minimum atomic E-state index is -0.213. The van der Waals surface area contributed by atoms with Gasteiger partial charge in [-0.05, 0) is 18.8 Å². The van der Waals surface area contributed by atoms with Crippen molar-refractivity contribution in [3.8, 4) is 0 Å². The van der Waals surface area contributed by atoms with E-state index in [1.54, 1.807) is 6.20 Å². The van der Waals surface area contributed by atoms with Crippen molar-refractivity contribution in [2.24, 2.45) is 11.7 Å². The monoisotopic (exact) mass is 287 g/mol. The van der Waals surface area contributed by atoms with Gasteiger partial charge in [0.2, 0.25) is 5.91 Å². The fourth-order valence-electron chi connectivity index (χ4n) is 2.85. The van der Waals surface area contributed by atoms with Crippen LogP contribution in [0, 0.1) is 5.92 Å². The van der Waals surface area contributed by atoms with Gasteiger partial charge in [0, 0.05) is 30.9 Å². The molecule has 2 aromatic rings. The summed E-state index contributed by atoms with van der Waals surface area (Å²) in [7, 11) is 0. The van der Waals surface area contributed by atoms with E-state index in [1.165, 1.54) is 0 Å². The summed E-state index contributed by atoms with van der Waals surface area (Å²) in [6.45, 7) is 5.83. The topological polar surface area (TPSA) is 76.5 Å². The molecule has 6 heteroatoms. The second-order valence-electron chi connectivity index (χ2n) is 5.98. The Hall–Kier alpha value is -2.11. The lowest BCUT2D eigenvalue weighted by Gasteiger charge is -2.33. The summed E-state index contributed by atoms with van der Waals surface area (Å²) >= 11 is 0. The summed E-state index contributed by atoms with van der Waals surface area (Å²) in [6, 6.07) is 3.99. The summed E-state index contributed by atoms with van der Waals surface area (Å²) in [5.74, 6) is 1.05. The normalized spacial score (nSPS) is 19.4. The maximum Gasteiger partial charge on any atom is 0.222 e. The Morgan fingerprint density at radius 3 is 3.00 bits per heavy atom. The number of hydrogen-bond donors (Lipinski definition) is 1. The van der Waals surface area contributed by atoms with E-state index in [1.807, 2.05) is 10.6 Å². The van der Waals surface area contributed by atoms with Crippen LogP contribution >= 0.6 is 0 Å². The average molecular weight is 287 g/mol. The van der Waals surface area contributed by atoms with Gasteiger partial charge in [-0.2, -0.15) is 9.61 Å². The molecule has 1 saturated heterocycles. The Balaban J connectivity index is 2.02. The summed E-state index contributed by atoms with van der Waals surface area (Å²) in [6.07, 6.45) is 3.59. The number of aromatic nitrogens is 3. The molecule has 1 aliphatic heterocycles. The van der Waals surface area contributed by atoms with Gasteiger partial charge in [-0.25, -0.2) is 4.98 Å². The molecule has 6 nitrogen and oxygen atoms in total. The maximum atomic E-state index is 11.5. The van der Waals surface area contributed by atoms with Gasteiger partial charge in [-0.3, -0.25) is 4.79 Å². The number of nitrogens with zero attached hydrogens (tertiary/aromatic N) is 4. The molecule has 1 aliphatic rings. The molecule has 1 amide bonds. The van der Waals surface area contributed by atoms with Gasteiger partial charge >= 0.3 is 0 Å². The first-order valence-corrected chi connectivity index (χ1v) is 7.45. The molecule has 2 aromatic heterocycles. The molecule has 112 valence electrons. The smallest absolute Gasteiger partial charge is 0.222 e. The van der Waals surface area contributed by atoms with Crippen LogP contribution in [-0.2, 0) is 4.79 Å². The standard InChI is InChI=1S/C15H21N5O/c1-10(2)12-8-14(20-13(18-12)5-6-17-20)19-7-3-4-11(9-19)15(16)21/h5-6,8,10-11H,3-4,7,9H2,1-2H3,(H2,16,21)/t11-/m1/s1. The molecule has 0 spiro atoms. The van der Waals surface area contributed by atoms with Gasteiger partial charge in [0.05, 0.1) is 12.1 Å². The van der Waals surface area contributed by atoms with Crippen LogP contribution in [0.1, 0.15) is 38.3 Å². The van der Waals surface area contributed by atoms with Crippen molar-refractivity contribution < 1.29 is 4.79 Å². The zero-order valence-electron chi connectivity index (χ0n) is 12.5. The summed E-state index contributed by atoms with van der Waals surface area (Å²) in [5, 5.41) is 4.36. The van der Waals surface area contributed by atoms with Crippen molar-refractivity contribution in [3.63, 3.8) is 0 Å². The van der Waals surface area contributed by atoms with Gasteiger partial charge in [0.15, 0.2) is 5.65 Å². The molecule has 0 aromatic carbocycles. The van der Waals surface area contributed by atoms with Crippen LogP contribution in [0.25, 0.3) is 5.65 Å². The summed E-state index contributed by atoms with van der Waals surface area (Å²) in [4.78, 5) is 18.3. The zero-order chi connectivity index (χ0) is 15.0. The molecule has 0 bridgehead atoms. The third-order valence-corrected chi connectivity index (χ3v) is 4.10. The molecule has 1 atom stereocenters. The van der Waals surface area contributed by atoms with Crippen LogP contribution in [0.3, 0.4) is 0 Å². The molecule has 3 rings (SSSR count). The zero-order valence-corrected chi connectivity index (χ0v) is 12.5. The number of fused-ring (bicyclic) bond motifs is 1. The van der Waals surface area contributed by atoms with E-state index in [9.17, 15) is 4.79 Å². The molecular formula is C15H21N5O. The van der Waals surface area contributed by atoms with Crippen molar-refractivity contribution in [2.45, 2.75) is 32.6 Å². The third-order valence-electron chi connectivity index (χ3n) is 4.10. The van der Waals surface area contributed by atoms with E-state index in [4.69, 9.17) is 5.73 Å². The summed E-state index contributed by atoms with van der Waals surface area (Å²) < 4.78 is 1.84. The van der Waals surface area contributed by atoms with Crippen molar-refractivity contribution in [1.29, 1.82) is 0 Å². The summed E-state index contributed by atoms with van der Waals surface area (Å²) in [5.41, 5.74) is 7.36. The first-order chi connectivity index (χ1) is 10.1. The number of piperidine rings is 1. The van der Waals surface area contributed by atoms with E-state index < -0.39 is 0 Å². The van der Waals surface area contributed by atoms with Crippen molar-refractivity contribution in [3.05, 3.63) is 24.0 Å². The maximum absolute atomic E-state index is 11.5. The lowest BCUT2D eigenvalue weighted by molar-refractivity contribution is -0.122. The quantitative estimate of drug-likeness (QED) is 0.929. The van der Waals surface area contributed by atoms with Gasteiger partial charge in [-0.15, -0.1) is 0 Å². The van der Waals surface area contributed by atoms with Crippen molar-refractivity contribution in [1.82, 2.24) is 14.6 Å². The van der Waals surface area contributed by atoms with Crippen LogP contribution in [-0.4, -0.2) is 33.6 Å². The molecule has 3 heterocycles. The largest absolute Gasteiger partial charge is 0.369 e. The highest BCUT2D eigenvalue weighted by molar-refractivity contribution is 5.77. The number of amides is 1. The number of primary amides is 1. The van der Waals surface area contributed by atoms with E-state index in [-0.39, 0.29) is 11.8 Å². The highest BCUT2D eigenvalue weighted by Crippen LogP contribution is 2.26. The van der Waals surface area contributed by atoms with E-state index >= 15 is 0 Å². The van der Waals surface area contributed by atoms with Crippen LogP contribution in [0.5, 0.6) is 0 Å². The van der Waals surface area contributed by atoms with Crippen LogP contribution in [0.15, 0.2) is 18.3 Å². The second kappa shape index (κ2) is 5.35. The van der Waals surface area contributed by atoms with Crippen LogP contribution in [0.4, 0.5) is 5.82 Å². The Labute approximate surface area is 123 Å². The molecule has 0 radical (unpaired) electrons. The number of anilines is 1. The van der Waals surface area contributed by atoms with Crippen LogP contribution in [0.2, 0.25) is 0 Å². The average Bonchev–Trinajstić information content (AvgIpc) is 2.94. The minimum absolute atomic E-state index is 0.0833. The molecule has 0 unspecified atom stereocenters. The van der Waals surface area contributed by atoms with E-state index in [0.29, 0.717) is 12.5 Å². The molecular weight excluding hydrogens is 266 g/mol. The van der Waals surface area contributed by atoms with E-state index in [0.717, 1.165) is 36.5 Å². The van der Waals surface area contributed by atoms with Gasteiger partial charge in [0.25, 0.3) is 0 Å². The Kier molecular flexibility index (Phi) is 3.53. The second-order valence-corrected chi connectivity index (χ2v) is 5.98. The fraction of sp³-hybridized carbons (Fsp3) is 0.533. The lowest BCUT2D eigenvalue weighted by Crippen LogP contribution is -2.42. The van der Waals surface area contributed by atoms with Crippen molar-refractivity contribution >= 4 is 17.4 Å². The third kappa shape index (κ3) is 2.57. The van der Waals surface area contributed by atoms with Crippen LogP contribution < -0.4 is 10.6 Å². The lowest BCUT2D eigenvalue weighted by atomic mass is 9.97. The first kappa shape index (κ1) is 13.9. The predicted molar refractivity (Wildman–Crippen MR) is 81.2 cm³/mol. The highest BCUT2D eigenvalue weighted by atomic mass is 16.1. The molecule has 1 fully saturated rings. The number of carbonyl (C=O) groups excluding carboxylic acids is 1. The first-order valence-electron chi connectivity index (χ1n) is 7.45. The number of nitrogens with two attached hydrogens (primary N) is 1.